The van der Waals surface area contributed by atoms with Crippen molar-refractivity contribution in [2.24, 2.45) is 0 Å². The number of nitrogens with zero attached hydrogens (tertiary/aromatic N) is 12. The number of carboxylic acids is 1. The Kier molecular flexibility index (Phi) is 13.5. The van der Waals surface area contributed by atoms with Crippen molar-refractivity contribution >= 4 is 69.9 Å². The molecule has 4 aromatic heterocycles. The van der Waals surface area contributed by atoms with Gasteiger partial charge in [-0.15, -0.1) is 23.2 Å². The van der Waals surface area contributed by atoms with Crippen molar-refractivity contribution in [1.82, 2.24) is 44.4 Å². The van der Waals surface area contributed by atoms with Gasteiger partial charge < -0.3 is 30.0 Å². The van der Waals surface area contributed by atoms with Crippen molar-refractivity contribution in [1.29, 1.82) is 0 Å². The molecule has 20 heteroatoms. The highest BCUT2D eigenvalue weighted by Gasteiger charge is 2.42. The van der Waals surface area contributed by atoms with Crippen LogP contribution < -0.4 is 24.9 Å². The van der Waals surface area contributed by atoms with Gasteiger partial charge in [0, 0.05) is 45.6 Å². The fraction of sp³-hybridized carbons (Fsp3) is 0.526. The number of carbonyl (C=O) groups excluding carboxylic acids is 3. The number of halogens is 2. The number of imidazole rings is 2. The summed E-state index contributed by atoms with van der Waals surface area (Å²) in [5.41, 5.74) is 1.63. The first-order chi connectivity index (χ1) is 28.0. The Morgan fingerprint density at radius 2 is 1.12 bits per heavy atom. The first-order valence-electron chi connectivity index (χ1n) is 19.5. The zero-order valence-corrected chi connectivity index (χ0v) is 34.8. The third kappa shape index (κ3) is 8.30. The maximum absolute atomic E-state index is 12.9. The topological polar surface area (TPSA) is 201 Å². The molecule has 2 atom stereocenters. The molecule has 3 amide bonds. The highest BCUT2D eigenvalue weighted by Crippen LogP contribution is 2.41. The summed E-state index contributed by atoms with van der Waals surface area (Å²) in [6.45, 7) is 4.05. The highest BCUT2D eigenvalue weighted by molar-refractivity contribution is 6.40. The minimum Gasteiger partial charge on any atom is -0.476 e. The van der Waals surface area contributed by atoms with Crippen LogP contribution >= 0.6 is 23.2 Å². The van der Waals surface area contributed by atoms with Crippen molar-refractivity contribution in [2.75, 3.05) is 46.1 Å². The minimum atomic E-state index is -1.10. The standard InChI is InChI=1S/C19H25N7O2.C18H22N6O3.CH2Cl2/c1-4-14-18(28)24(3)15-9-21-19(25-10-13(22-11-25)17(27)20-2)23-16(15)26(14)12-7-5-6-8-12;1-3-13-16(25)22(2)14-8-19-18(23-9-12(17(26)27)20-10-23)21-15(14)24(13)11-6-4-5-7-11;2-1-3/h9-12,14H,4-8H2,1-3H3,(H,20,27);8-11,13H,3-7H2,1-2H3,(H,26,27);1H2/t14-;13-;/m11./s1. The molecule has 6 heterocycles. The van der Waals surface area contributed by atoms with Crippen LogP contribution in [0.5, 0.6) is 0 Å². The average molecular weight is 839 g/mol. The lowest BCUT2D eigenvalue weighted by molar-refractivity contribution is -0.120. The molecule has 0 unspecified atom stereocenters. The number of nitrogens with one attached hydrogen (secondary N) is 1. The summed E-state index contributed by atoms with van der Waals surface area (Å²) in [5, 5.41) is 11.8. The second-order valence-electron chi connectivity index (χ2n) is 14.4. The second-order valence-corrected chi connectivity index (χ2v) is 15.2. The van der Waals surface area contributed by atoms with Crippen LogP contribution in [0.3, 0.4) is 0 Å². The first-order valence-corrected chi connectivity index (χ1v) is 20.6. The third-order valence-electron chi connectivity index (χ3n) is 11.1. The predicted octanol–water partition coefficient (Wildman–Crippen LogP) is 4.81. The Bertz CT molecular complexity index is 2120. The van der Waals surface area contributed by atoms with Gasteiger partial charge >= 0.3 is 5.97 Å². The van der Waals surface area contributed by atoms with Crippen LogP contribution in [0.15, 0.2) is 37.4 Å². The van der Waals surface area contributed by atoms with Crippen molar-refractivity contribution in [2.45, 2.75) is 102 Å². The Hall–Kier alpha value is -5.36. The van der Waals surface area contributed by atoms with Gasteiger partial charge in [0.25, 0.3) is 5.91 Å². The van der Waals surface area contributed by atoms with Crippen LogP contribution in [-0.4, -0.2) is 118 Å². The van der Waals surface area contributed by atoms with Gasteiger partial charge in [0.2, 0.25) is 23.7 Å². The number of hydrogen-bond acceptors (Lipinski definition) is 12. The number of rotatable bonds is 8. The first kappa shape index (κ1) is 42.3. The second kappa shape index (κ2) is 18.5. The van der Waals surface area contributed by atoms with Crippen LogP contribution in [0, 0.1) is 0 Å². The molecule has 2 aliphatic heterocycles. The molecule has 0 saturated heterocycles. The average Bonchev–Trinajstić information content (AvgIpc) is 4.09. The normalized spacial score (nSPS) is 19.3. The minimum absolute atomic E-state index is 0.0593. The molecule has 0 aromatic carbocycles. The Labute approximate surface area is 346 Å². The van der Waals surface area contributed by atoms with Crippen LogP contribution in [0.1, 0.15) is 99.0 Å². The lowest BCUT2D eigenvalue weighted by Crippen LogP contribution is -2.55. The van der Waals surface area contributed by atoms with E-state index in [0.29, 0.717) is 35.7 Å². The summed E-state index contributed by atoms with van der Waals surface area (Å²) in [6.07, 6.45) is 19.5. The van der Waals surface area contributed by atoms with Crippen molar-refractivity contribution < 1.29 is 24.3 Å². The fourth-order valence-electron chi connectivity index (χ4n) is 8.22. The van der Waals surface area contributed by atoms with E-state index < -0.39 is 5.97 Å². The van der Waals surface area contributed by atoms with Gasteiger partial charge in [-0.05, 0) is 38.5 Å². The molecule has 0 bridgehead atoms. The van der Waals surface area contributed by atoms with E-state index >= 15 is 0 Å². The van der Waals surface area contributed by atoms with Crippen LogP contribution in [-0.2, 0) is 9.59 Å². The van der Waals surface area contributed by atoms with Crippen molar-refractivity contribution in [3.05, 3.63) is 48.8 Å². The Morgan fingerprint density at radius 1 is 0.724 bits per heavy atom. The van der Waals surface area contributed by atoms with E-state index in [2.05, 4.69) is 35.1 Å². The SMILES string of the molecule is CC[C@@H]1C(=O)N(C)c2cnc(-n3cnc(C(=O)NC)c3)nc2N1C1CCCC1.CC[C@@H]1C(=O)N(C)c2cnc(-n3cnc(C(=O)O)c3)nc2N1C1CCCC1.ClCCl. The molecule has 0 radical (unpaired) electrons. The van der Waals surface area contributed by atoms with Gasteiger partial charge in [0.15, 0.2) is 17.3 Å². The molecule has 2 N–H and O–H groups in total. The largest absolute Gasteiger partial charge is 0.476 e. The van der Waals surface area contributed by atoms with Crippen LogP contribution in [0.25, 0.3) is 11.9 Å². The maximum Gasteiger partial charge on any atom is 0.356 e. The molecule has 4 aliphatic rings. The number of aromatic nitrogens is 8. The third-order valence-corrected chi connectivity index (χ3v) is 11.1. The number of anilines is 4. The number of hydrogen-bond donors (Lipinski definition) is 2. The fourth-order valence-corrected chi connectivity index (χ4v) is 8.22. The van der Waals surface area contributed by atoms with E-state index in [1.165, 1.54) is 36.3 Å². The number of aromatic carboxylic acids is 1. The zero-order chi connectivity index (χ0) is 41.7. The molecule has 310 valence electrons. The molecule has 18 nitrogen and oxygen atoms in total. The summed E-state index contributed by atoms with van der Waals surface area (Å²) < 4.78 is 3.13. The molecule has 2 saturated carbocycles. The summed E-state index contributed by atoms with van der Waals surface area (Å²) >= 11 is 9.53. The molecule has 0 spiro atoms. The monoisotopic (exact) mass is 837 g/mol. The summed E-state index contributed by atoms with van der Waals surface area (Å²) in [6, 6.07) is 0.137. The van der Waals surface area contributed by atoms with Gasteiger partial charge in [-0.25, -0.2) is 24.7 Å². The number of fused-ring (bicyclic) bond motifs is 2. The maximum atomic E-state index is 12.9. The molecule has 4 aromatic rings. The van der Waals surface area contributed by atoms with Gasteiger partial charge in [-0.1, -0.05) is 39.5 Å². The van der Waals surface area contributed by atoms with Crippen LogP contribution in [0.2, 0.25) is 0 Å². The van der Waals surface area contributed by atoms with E-state index in [1.807, 2.05) is 13.8 Å². The van der Waals surface area contributed by atoms with Crippen molar-refractivity contribution in [3.8, 4) is 11.9 Å². The van der Waals surface area contributed by atoms with E-state index in [-0.39, 0.29) is 46.9 Å². The van der Waals surface area contributed by atoms with Gasteiger partial charge in [0.05, 0.1) is 17.7 Å². The summed E-state index contributed by atoms with van der Waals surface area (Å²) in [7, 11) is 5.09. The number of alkyl halides is 2. The Morgan fingerprint density at radius 3 is 1.48 bits per heavy atom. The smallest absolute Gasteiger partial charge is 0.356 e. The number of likely N-dealkylation sites (N-methyl/N-ethyl adjacent to an activating group) is 2. The Balaban J connectivity index is 0.000000183. The number of amides is 3. The van der Waals surface area contributed by atoms with E-state index in [4.69, 9.17) is 38.3 Å². The highest BCUT2D eigenvalue weighted by atomic mass is 35.5. The molecule has 8 rings (SSSR count). The van der Waals surface area contributed by atoms with E-state index in [1.54, 1.807) is 54.1 Å². The number of carboxylic acid groups (broad SMARTS) is 1. The summed E-state index contributed by atoms with van der Waals surface area (Å²) in [4.78, 5) is 82.6. The zero-order valence-electron chi connectivity index (χ0n) is 33.3. The molecular weight excluding hydrogens is 789 g/mol. The lowest BCUT2D eigenvalue weighted by atomic mass is 10.0. The van der Waals surface area contributed by atoms with Crippen molar-refractivity contribution in [3.63, 3.8) is 0 Å². The van der Waals surface area contributed by atoms with Gasteiger partial charge in [-0.2, -0.15) is 9.97 Å². The predicted molar refractivity (Wildman–Crippen MR) is 220 cm³/mol. The van der Waals surface area contributed by atoms with E-state index in [9.17, 15) is 19.2 Å². The number of carbonyl (C=O) groups is 4. The molecule has 58 heavy (non-hydrogen) atoms. The molecule has 2 fully saturated rings. The summed E-state index contributed by atoms with van der Waals surface area (Å²) in [5.74, 6) is 1.06. The quantitative estimate of drug-likeness (QED) is 0.229. The van der Waals surface area contributed by atoms with Crippen LogP contribution in [0.4, 0.5) is 23.0 Å². The lowest BCUT2D eigenvalue weighted by Gasteiger charge is -2.43. The van der Waals surface area contributed by atoms with Gasteiger partial charge in [-0.3, -0.25) is 23.5 Å². The molecular formula is C38H49Cl2N13O5. The van der Waals surface area contributed by atoms with E-state index in [0.717, 1.165) is 62.3 Å². The van der Waals surface area contributed by atoms with Gasteiger partial charge in [0.1, 0.15) is 41.8 Å². The molecule has 2 aliphatic carbocycles.